The van der Waals surface area contributed by atoms with Crippen LogP contribution in [0.3, 0.4) is 0 Å². The summed E-state index contributed by atoms with van der Waals surface area (Å²) in [6, 6.07) is 14.7. The van der Waals surface area contributed by atoms with Crippen LogP contribution in [0, 0.1) is 6.92 Å². The van der Waals surface area contributed by atoms with Crippen molar-refractivity contribution in [2.24, 2.45) is 0 Å². The number of aryl methyl sites for hydroxylation is 1. The van der Waals surface area contributed by atoms with Crippen LogP contribution >= 0.6 is 11.3 Å². The van der Waals surface area contributed by atoms with Crippen LogP contribution < -0.4 is 0 Å². The van der Waals surface area contributed by atoms with E-state index >= 15 is 0 Å². The lowest BCUT2D eigenvalue weighted by molar-refractivity contribution is 1.25. The summed E-state index contributed by atoms with van der Waals surface area (Å²) in [6.45, 7) is 2.07. The van der Waals surface area contributed by atoms with E-state index in [0.29, 0.717) is 0 Å². The lowest BCUT2D eigenvalue weighted by Crippen LogP contribution is -1.87. The Kier molecular flexibility index (Phi) is 2.22. The van der Waals surface area contributed by atoms with Crippen molar-refractivity contribution in [3.8, 4) is 10.6 Å². The Bertz CT molecular complexity index is 626. The molecule has 3 rings (SSSR count). The molecule has 78 valence electrons. The standard InChI is InChI=1S/C14H11NS/c1-10-12-6-3-2-5-11(12)9-13(15-10)14-7-4-8-16-14/h2-9H,1H3. The van der Waals surface area contributed by atoms with Crippen LogP contribution in [0.25, 0.3) is 21.3 Å². The van der Waals surface area contributed by atoms with Gasteiger partial charge in [-0.3, -0.25) is 4.98 Å². The van der Waals surface area contributed by atoms with Crippen LogP contribution in [0.2, 0.25) is 0 Å². The largest absolute Gasteiger partial charge is 0.252 e. The monoisotopic (exact) mass is 225 g/mol. The summed E-state index contributed by atoms with van der Waals surface area (Å²) >= 11 is 1.73. The van der Waals surface area contributed by atoms with Gasteiger partial charge in [-0.05, 0) is 29.8 Å². The first-order valence-corrected chi connectivity index (χ1v) is 6.13. The summed E-state index contributed by atoms with van der Waals surface area (Å²) in [4.78, 5) is 5.88. The van der Waals surface area contributed by atoms with Gasteiger partial charge in [0.1, 0.15) is 0 Å². The van der Waals surface area contributed by atoms with E-state index < -0.39 is 0 Å². The van der Waals surface area contributed by atoms with E-state index in [0.717, 1.165) is 11.4 Å². The minimum atomic E-state index is 1.08. The number of benzene rings is 1. The fraction of sp³-hybridized carbons (Fsp3) is 0.0714. The smallest absolute Gasteiger partial charge is 0.0811 e. The summed E-state index contributed by atoms with van der Waals surface area (Å²) in [5.74, 6) is 0. The minimum absolute atomic E-state index is 1.08. The van der Waals surface area contributed by atoms with Crippen molar-refractivity contribution in [3.63, 3.8) is 0 Å². The molecule has 0 bridgehead atoms. The van der Waals surface area contributed by atoms with E-state index in [9.17, 15) is 0 Å². The average molecular weight is 225 g/mol. The average Bonchev–Trinajstić information content (AvgIpc) is 2.82. The molecule has 2 heterocycles. The van der Waals surface area contributed by atoms with Crippen LogP contribution in [0.4, 0.5) is 0 Å². The molecule has 0 unspecified atom stereocenters. The Hall–Kier alpha value is -1.67. The summed E-state index contributed by atoms with van der Waals surface area (Å²) < 4.78 is 0. The second-order valence-corrected chi connectivity index (χ2v) is 4.74. The van der Waals surface area contributed by atoms with Crippen LogP contribution in [-0.2, 0) is 0 Å². The van der Waals surface area contributed by atoms with E-state index in [4.69, 9.17) is 0 Å². The van der Waals surface area contributed by atoms with Gasteiger partial charge in [0, 0.05) is 11.1 Å². The molecule has 0 radical (unpaired) electrons. The van der Waals surface area contributed by atoms with E-state index in [2.05, 4.69) is 59.8 Å². The summed E-state index contributed by atoms with van der Waals surface area (Å²) in [5.41, 5.74) is 2.17. The van der Waals surface area contributed by atoms with Gasteiger partial charge in [0.05, 0.1) is 10.6 Å². The molecule has 1 nitrogen and oxygen atoms in total. The molecule has 0 fully saturated rings. The molecule has 0 aliphatic heterocycles. The highest BCUT2D eigenvalue weighted by Crippen LogP contribution is 2.27. The van der Waals surface area contributed by atoms with Crippen LogP contribution in [0.15, 0.2) is 47.8 Å². The van der Waals surface area contributed by atoms with Gasteiger partial charge < -0.3 is 0 Å². The Morgan fingerprint density at radius 3 is 2.75 bits per heavy atom. The van der Waals surface area contributed by atoms with Crippen molar-refractivity contribution < 1.29 is 0 Å². The number of fused-ring (bicyclic) bond motifs is 1. The molecule has 0 spiro atoms. The topological polar surface area (TPSA) is 12.9 Å². The SMILES string of the molecule is Cc1nc(-c2cccs2)cc2ccccc12. The number of nitrogens with zero attached hydrogens (tertiary/aromatic N) is 1. The number of hydrogen-bond donors (Lipinski definition) is 0. The molecule has 2 heteroatoms. The van der Waals surface area contributed by atoms with Gasteiger partial charge >= 0.3 is 0 Å². The van der Waals surface area contributed by atoms with E-state index in [1.165, 1.54) is 15.6 Å². The van der Waals surface area contributed by atoms with E-state index in [-0.39, 0.29) is 0 Å². The van der Waals surface area contributed by atoms with Gasteiger partial charge in [-0.15, -0.1) is 11.3 Å². The Morgan fingerprint density at radius 2 is 1.94 bits per heavy atom. The molecule has 0 saturated heterocycles. The summed E-state index contributed by atoms with van der Waals surface area (Å²) in [5, 5.41) is 4.59. The van der Waals surface area contributed by atoms with Gasteiger partial charge in [0.15, 0.2) is 0 Å². The van der Waals surface area contributed by atoms with Crippen LogP contribution in [0.5, 0.6) is 0 Å². The molecule has 2 aromatic heterocycles. The molecule has 0 amide bonds. The lowest BCUT2D eigenvalue weighted by atomic mass is 10.1. The van der Waals surface area contributed by atoms with Crippen LogP contribution in [0.1, 0.15) is 5.69 Å². The highest BCUT2D eigenvalue weighted by Gasteiger charge is 2.04. The molecule has 1 aromatic carbocycles. The van der Waals surface area contributed by atoms with Crippen molar-refractivity contribution in [1.29, 1.82) is 0 Å². The maximum Gasteiger partial charge on any atom is 0.0811 e. The van der Waals surface area contributed by atoms with Crippen molar-refractivity contribution in [2.45, 2.75) is 6.92 Å². The normalized spacial score (nSPS) is 10.8. The highest BCUT2D eigenvalue weighted by molar-refractivity contribution is 7.13. The maximum atomic E-state index is 4.65. The number of aromatic nitrogens is 1. The second kappa shape index (κ2) is 3.72. The third kappa shape index (κ3) is 1.51. The van der Waals surface area contributed by atoms with E-state index in [1.807, 2.05) is 0 Å². The Balaban J connectivity index is 2.29. The second-order valence-electron chi connectivity index (χ2n) is 3.79. The van der Waals surface area contributed by atoms with Crippen LogP contribution in [-0.4, -0.2) is 4.98 Å². The minimum Gasteiger partial charge on any atom is -0.252 e. The maximum absolute atomic E-state index is 4.65. The molecule has 0 saturated carbocycles. The quantitative estimate of drug-likeness (QED) is 0.602. The highest BCUT2D eigenvalue weighted by atomic mass is 32.1. The van der Waals surface area contributed by atoms with Gasteiger partial charge in [-0.1, -0.05) is 30.3 Å². The van der Waals surface area contributed by atoms with Crippen molar-refractivity contribution in [3.05, 3.63) is 53.5 Å². The zero-order valence-electron chi connectivity index (χ0n) is 8.97. The number of pyridine rings is 1. The van der Waals surface area contributed by atoms with Gasteiger partial charge in [0.2, 0.25) is 0 Å². The first-order chi connectivity index (χ1) is 7.84. The summed E-state index contributed by atoms with van der Waals surface area (Å²) in [6.07, 6.45) is 0. The number of hydrogen-bond acceptors (Lipinski definition) is 2. The molecule has 0 atom stereocenters. The zero-order chi connectivity index (χ0) is 11.0. The van der Waals surface area contributed by atoms with Crippen molar-refractivity contribution in [1.82, 2.24) is 4.98 Å². The van der Waals surface area contributed by atoms with Gasteiger partial charge in [-0.25, -0.2) is 0 Å². The van der Waals surface area contributed by atoms with Gasteiger partial charge in [-0.2, -0.15) is 0 Å². The number of rotatable bonds is 1. The van der Waals surface area contributed by atoms with E-state index in [1.54, 1.807) is 11.3 Å². The zero-order valence-corrected chi connectivity index (χ0v) is 9.79. The van der Waals surface area contributed by atoms with Gasteiger partial charge in [0.25, 0.3) is 0 Å². The molecule has 0 aliphatic rings. The summed E-state index contributed by atoms with van der Waals surface area (Å²) in [7, 11) is 0. The van der Waals surface area contributed by atoms with Crippen molar-refractivity contribution >= 4 is 22.1 Å². The molecule has 0 aliphatic carbocycles. The Labute approximate surface area is 98.4 Å². The predicted molar refractivity (Wildman–Crippen MR) is 69.8 cm³/mol. The fourth-order valence-electron chi connectivity index (χ4n) is 1.92. The molecular weight excluding hydrogens is 214 g/mol. The molecule has 0 N–H and O–H groups in total. The third-order valence-corrected chi connectivity index (χ3v) is 3.60. The predicted octanol–water partition coefficient (Wildman–Crippen LogP) is 4.27. The molecular formula is C14H11NS. The van der Waals surface area contributed by atoms with Crippen molar-refractivity contribution in [2.75, 3.05) is 0 Å². The first-order valence-electron chi connectivity index (χ1n) is 5.25. The molecule has 3 aromatic rings. The number of thiophene rings is 1. The molecule has 16 heavy (non-hydrogen) atoms. The fourth-order valence-corrected chi connectivity index (χ4v) is 2.61. The lowest BCUT2D eigenvalue weighted by Gasteiger charge is -2.04. The first kappa shape index (κ1) is 9.55. The Morgan fingerprint density at radius 1 is 1.06 bits per heavy atom. The third-order valence-electron chi connectivity index (χ3n) is 2.70.